The fourth-order valence-electron chi connectivity index (χ4n) is 10.0. The van der Waals surface area contributed by atoms with Gasteiger partial charge in [0.2, 0.25) is 0 Å². The molecular weight excluding hydrogens is 1430 g/mol. The van der Waals surface area contributed by atoms with Crippen molar-refractivity contribution in [1.82, 2.24) is 0 Å². The molecule has 110 heavy (non-hydrogen) atoms. The number of phosphoric acid groups is 2. The summed E-state index contributed by atoms with van der Waals surface area (Å²) in [5.74, 6) is -2.32. The molecular formula is C91H144O17P2. The highest BCUT2D eigenvalue weighted by atomic mass is 31.2. The van der Waals surface area contributed by atoms with Gasteiger partial charge in [-0.05, 0) is 186 Å². The average Bonchev–Trinajstić information content (AvgIpc) is 0.900. The number of rotatable bonds is 75. The Balaban J connectivity index is 5.50. The normalized spacial score (nSPS) is 14.9. The smallest absolute Gasteiger partial charge is 0.462 e. The van der Waals surface area contributed by atoms with Crippen molar-refractivity contribution in [3.05, 3.63) is 207 Å². The van der Waals surface area contributed by atoms with Crippen molar-refractivity contribution in [2.75, 3.05) is 39.6 Å². The summed E-state index contributed by atoms with van der Waals surface area (Å²) in [6.07, 6.45) is 101. The maximum absolute atomic E-state index is 13.1. The van der Waals surface area contributed by atoms with E-state index in [1.54, 1.807) is 0 Å². The second-order valence-electron chi connectivity index (χ2n) is 26.6. The van der Waals surface area contributed by atoms with Crippen LogP contribution in [-0.4, -0.2) is 96.7 Å². The van der Waals surface area contributed by atoms with Crippen LogP contribution in [0.15, 0.2) is 207 Å². The molecule has 0 bridgehead atoms. The van der Waals surface area contributed by atoms with Gasteiger partial charge in [0.25, 0.3) is 0 Å². The van der Waals surface area contributed by atoms with E-state index in [0.717, 1.165) is 205 Å². The zero-order valence-corrected chi connectivity index (χ0v) is 69.6. The Labute approximate surface area is 665 Å². The van der Waals surface area contributed by atoms with Gasteiger partial charge in [0, 0.05) is 25.7 Å². The van der Waals surface area contributed by atoms with Gasteiger partial charge in [-0.2, -0.15) is 0 Å². The Kier molecular flexibility index (Phi) is 76.0. The number of esters is 4. The fourth-order valence-corrected chi connectivity index (χ4v) is 11.6. The number of ether oxygens (including phenoxy) is 4. The average molecular weight is 1570 g/mol. The van der Waals surface area contributed by atoms with Crippen molar-refractivity contribution in [2.24, 2.45) is 0 Å². The Morgan fingerprint density at radius 1 is 0.264 bits per heavy atom. The van der Waals surface area contributed by atoms with Gasteiger partial charge in [0.15, 0.2) is 12.2 Å². The third-order valence-electron chi connectivity index (χ3n) is 16.2. The van der Waals surface area contributed by atoms with Crippen molar-refractivity contribution in [1.29, 1.82) is 0 Å². The number of aliphatic hydroxyl groups excluding tert-OH is 1. The van der Waals surface area contributed by atoms with Gasteiger partial charge in [0.1, 0.15) is 19.3 Å². The first-order valence-corrected chi connectivity index (χ1v) is 44.3. The minimum Gasteiger partial charge on any atom is -0.462 e. The molecule has 5 atom stereocenters. The molecule has 0 aliphatic rings. The van der Waals surface area contributed by atoms with Gasteiger partial charge in [-0.15, -0.1) is 0 Å². The fraction of sp³-hybridized carbons (Fsp3) is 0.582. The molecule has 19 heteroatoms. The maximum atomic E-state index is 13.1. The van der Waals surface area contributed by atoms with Crippen LogP contribution in [0.3, 0.4) is 0 Å². The molecule has 0 aliphatic heterocycles. The lowest BCUT2D eigenvalue weighted by molar-refractivity contribution is -0.161. The van der Waals surface area contributed by atoms with Crippen LogP contribution in [0.2, 0.25) is 0 Å². The van der Waals surface area contributed by atoms with Crippen LogP contribution >= 0.6 is 15.6 Å². The highest BCUT2D eigenvalue weighted by molar-refractivity contribution is 7.47. The molecule has 0 saturated carbocycles. The predicted octanol–water partition coefficient (Wildman–Crippen LogP) is 24.7. The van der Waals surface area contributed by atoms with Crippen LogP contribution in [0.4, 0.5) is 0 Å². The lowest BCUT2D eigenvalue weighted by Gasteiger charge is -2.21. The van der Waals surface area contributed by atoms with Crippen molar-refractivity contribution in [2.45, 2.75) is 303 Å². The number of carbonyl (C=O) groups excluding carboxylic acids is 4. The van der Waals surface area contributed by atoms with Crippen molar-refractivity contribution < 1.29 is 80.2 Å². The van der Waals surface area contributed by atoms with E-state index in [0.29, 0.717) is 25.7 Å². The standard InChI is InChI=1S/C91H144O17P2/c1-5-9-13-17-21-25-29-33-36-39-42-45-48-52-55-59-63-67-71-75-88(93)101-81-86(107-90(95)77-73-69-65-61-57-51-32-28-24-20-16-12-8-4)83-105-109(97,98)103-79-85(92)80-104-110(99,100)106-84-87(108-91(96)78-74-70-66-62-58-54-50-47-44-41-38-35-31-27-23-19-15-11-7-3)82-102-89(94)76-72-68-64-60-56-53-49-46-43-40-37-34-30-26-22-18-14-10-6-2/h9-11,13-16,20-23,25-28,32-38,42-47,52-56,58,85-87,92H,5-8,12,17-19,24,29-31,39-41,48-51,57,59-84H2,1-4H3,(H,97,98)(H,99,100)/b13-9-,14-10-,15-11-,20-16-,25-21-,26-22-,27-23-,32-28-,36-33-,37-34-,38-35-,45-42-,46-43-,47-44-,55-52-,56-53-,58-54-. The number of phosphoric ester groups is 2. The molecule has 0 fully saturated rings. The van der Waals surface area contributed by atoms with E-state index < -0.39 is 97.5 Å². The summed E-state index contributed by atoms with van der Waals surface area (Å²) in [7, 11) is -10.0. The molecule has 17 nitrogen and oxygen atoms in total. The number of allylic oxidation sites excluding steroid dienone is 34. The predicted molar refractivity (Wildman–Crippen MR) is 454 cm³/mol. The first kappa shape index (κ1) is 104. The third-order valence-corrected chi connectivity index (χ3v) is 18.1. The number of aliphatic hydroxyl groups is 1. The van der Waals surface area contributed by atoms with E-state index in [4.69, 9.17) is 37.0 Å². The second-order valence-corrected chi connectivity index (χ2v) is 29.5. The van der Waals surface area contributed by atoms with Crippen LogP contribution in [0.5, 0.6) is 0 Å². The van der Waals surface area contributed by atoms with E-state index in [2.05, 4.69) is 234 Å². The summed E-state index contributed by atoms with van der Waals surface area (Å²) in [6, 6.07) is 0. The molecule has 3 N–H and O–H groups in total. The van der Waals surface area contributed by atoms with E-state index in [9.17, 15) is 43.2 Å². The monoisotopic (exact) mass is 1570 g/mol. The summed E-state index contributed by atoms with van der Waals surface area (Å²) in [4.78, 5) is 73.2. The van der Waals surface area contributed by atoms with Gasteiger partial charge >= 0.3 is 39.5 Å². The largest absolute Gasteiger partial charge is 0.472 e. The Bertz CT molecular complexity index is 2900. The molecule has 0 aliphatic carbocycles. The summed E-state index contributed by atoms with van der Waals surface area (Å²) in [6.45, 7) is 4.31. The molecule has 0 saturated heterocycles. The minimum absolute atomic E-state index is 0.0381. The lowest BCUT2D eigenvalue weighted by atomic mass is 10.1. The Morgan fingerprint density at radius 3 is 0.736 bits per heavy atom. The van der Waals surface area contributed by atoms with E-state index >= 15 is 0 Å². The first-order chi connectivity index (χ1) is 53.7. The van der Waals surface area contributed by atoms with Crippen molar-refractivity contribution in [3.8, 4) is 0 Å². The highest BCUT2D eigenvalue weighted by Crippen LogP contribution is 2.45. The molecule has 0 amide bonds. The topological polar surface area (TPSA) is 237 Å². The Hall–Kier alpha value is -6.36. The Morgan fingerprint density at radius 2 is 0.473 bits per heavy atom. The summed E-state index contributed by atoms with van der Waals surface area (Å²) < 4.78 is 68.6. The molecule has 5 unspecified atom stereocenters. The van der Waals surface area contributed by atoms with Crippen LogP contribution < -0.4 is 0 Å². The molecule has 0 rings (SSSR count). The molecule has 0 aromatic rings. The quantitative estimate of drug-likeness (QED) is 0.0169. The summed E-state index contributed by atoms with van der Waals surface area (Å²) in [5, 5.41) is 10.7. The van der Waals surface area contributed by atoms with E-state index in [-0.39, 0.29) is 25.7 Å². The first-order valence-electron chi connectivity index (χ1n) is 41.3. The summed E-state index contributed by atoms with van der Waals surface area (Å²) in [5.41, 5.74) is 0. The zero-order valence-electron chi connectivity index (χ0n) is 67.8. The molecule has 0 radical (unpaired) electrons. The van der Waals surface area contributed by atoms with Crippen LogP contribution in [0, 0.1) is 0 Å². The van der Waals surface area contributed by atoms with E-state index in [1.165, 1.54) is 0 Å². The zero-order chi connectivity index (χ0) is 80.3. The van der Waals surface area contributed by atoms with E-state index in [1.807, 2.05) is 0 Å². The number of unbranched alkanes of at least 4 members (excludes halogenated alkanes) is 15. The number of hydrogen-bond acceptors (Lipinski definition) is 15. The number of hydrogen-bond donors (Lipinski definition) is 3. The number of carbonyl (C=O) groups is 4. The summed E-state index contributed by atoms with van der Waals surface area (Å²) >= 11 is 0. The molecule has 620 valence electrons. The van der Waals surface area contributed by atoms with Gasteiger partial charge in [-0.25, -0.2) is 9.13 Å². The van der Waals surface area contributed by atoms with Crippen LogP contribution in [0.1, 0.15) is 285 Å². The second kappa shape index (κ2) is 80.7. The van der Waals surface area contributed by atoms with Gasteiger partial charge in [0.05, 0.1) is 26.4 Å². The maximum Gasteiger partial charge on any atom is 0.472 e. The highest BCUT2D eigenvalue weighted by Gasteiger charge is 2.30. The van der Waals surface area contributed by atoms with Gasteiger partial charge in [-0.1, -0.05) is 279 Å². The third kappa shape index (κ3) is 79.7. The molecule has 0 aromatic carbocycles. The SMILES string of the molecule is CC/C=C\C/C=C\C/C=C\C/C=C\C/C=C\CCCCCC(=O)OCC(COP(=O)(O)OCC(O)COP(=O)(O)OCC(COC(=O)CCCCC/C=C\C/C=C\C/C=C\C/C=C\C/C=C\CC)OC(=O)CCCCCCC/C=C\C/C=C\CCC)OC(=O)CCCCC/C=C\C/C=C\C/C=C\C/C=C\C/C=C\CC. The molecule has 0 heterocycles. The van der Waals surface area contributed by atoms with Crippen molar-refractivity contribution in [3.63, 3.8) is 0 Å². The lowest BCUT2D eigenvalue weighted by Crippen LogP contribution is -2.30. The van der Waals surface area contributed by atoms with Gasteiger partial charge in [-0.3, -0.25) is 37.3 Å². The van der Waals surface area contributed by atoms with Crippen molar-refractivity contribution >= 4 is 39.5 Å². The molecule has 0 spiro atoms. The molecule has 0 aromatic heterocycles. The van der Waals surface area contributed by atoms with Gasteiger partial charge < -0.3 is 33.8 Å². The van der Waals surface area contributed by atoms with Crippen LogP contribution in [0.25, 0.3) is 0 Å². The minimum atomic E-state index is -5.01. The van der Waals surface area contributed by atoms with Crippen LogP contribution in [-0.2, 0) is 65.4 Å².